The highest BCUT2D eigenvalue weighted by Crippen LogP contribution is 2.32. The topological polar surface area (TPSA) is 63.4 Å². The monoisotopic (exact) mass is 310 g/mol. The lowest BCUT2D eigenvalue weighted by Gasteiger charge is -2.22. The van der Waals surface area contributed by atoms with Gasteiger partial charge in [0, 0.05) is 19.1 Å². The first kappa shape index (κ1) is 16.5. The van der Waals surface area contributed by atoms with E-state index in [1.54, 1.807) is 4.31 Å². The molecule has 21 heavy (non-hydrogen) atoms. The van der Waals surface area contributed by atoms with Crippen molar-refractivity contribution in [3.63, 3.8) is 0 Å². The Hall–Kier alpha value is -0.910. The number of sulfonamides is 1. The summed E-state index contributed by atoms with van der Waals surface area (Å²) in [5, 5.41) is 0. The molecule has 0 amide bonds. The van der Waals surface area contributed by atoms with Crippen LogP contribution in [0.5, 0.6) is 0 Å². The Morgan fingerprint density at radius 3 is 2.14 bits per heavy atom. The Bertz CT molecular complexity index is 624. The van der Waals surface area contributed by atoms with E-state index in [4.69, 9.17) is 5.73 Å². The maximum Gasteiger partial charge on any atom is 0.243 e. The van der Waals surface area contributed by atoms with E-state index in [1.807, 2.05) is 34.6 Å². The van der Waals surface area contributed by atoms with Crippen LogP contribution in [0.2, 0.25) is 0 Å². The number of nitrogens with two attached hydrogens (primary N) is 1. The molecule has 4 nitrogen and oxygen atoms in total. The van der Waals surface area contributed by atoms with Gasteiger partial charge in [0.25, 0.3) is 0 Å². The summed E-state index contributed by atoms with van der Waals surface area (Å²) in [6, 6.07) is 2.09. The molecule has 5 heteroatoms. The van der Waals surface area contributed by atoms with Gasteiger partial charge in [-0.25, -0.2) is 8.42 Å². The minimum Gasteiger partial charge on any atom is -0.328 e. The summed E-state index contributed by atoms with van der Waals surface area (Å²) in [7, 11) is -3.43. The molecule has 1 fully saturated rings. The molecular formula is C16H26N2O2S. The number of hydrogen-bond donors (Lipinski definition) is 1. The molecule has 1 aromatic carbocycles. The Morgan fingerprint density at radius 2 is 1.71 bits per heavy atom. The number of benzene rings is 1. The van der Waals surface area contributed by atoms with Crippen molar-refractivity contribution in [3.05, 3.63) is 28.3 Å². The van der Waals surface area contributed by atoms with E-state index in [0.29, 0.717) is 18.0 Å². The van der Waals surface area contributed by atoms with E-state index in [0.717, 1.165) is 28.7 Å². The van der Waals surface area contributed by atoms with Gasteiger partial charge in [-0.2, -0.15) is 4.31 Å². The number of hydrogen-bond acceptors (Lipinski definition) is 3. The largest absolute Gasteiger partial charge is 0.328 e. The average molecular weight is 310 g/mol. The molecule has 0 bridgehead atoms. The van der Waals surface area contributed by atoms with E-state index in [-0.39, 0.29) is 12.0 Å². The molecule has 2 N–H and O–H groups in total. The first-order valence-electron chi connectivity index (χ1n) is 7.49. The van der Waals surface area contributed by atoms with Gasteiger partial charge in [-0.05, 0) is 69.2 Å². The van der Waals surface area contributed by atoms with Gasteiger partial charge in [-0.15, -0.1) is 0 Å². The molecule has 118 valence electrons. The van der Waals surface area contributed by atoms with Gasteiger partial charge in [0.1, 0.15) is 0 Å². The fourth-order valence-electron chi connectivity index (χ4n) is 3.10. The summed E-state index contributed by atoms with van der Waals surface area (Å²) in [5.41, 5.74) is 9.71. The van der Waals surface area contributed by atoms with Crippen LogP contribution >= 0.6 is 0 Å². The van der Waals surface area contributed by atoms with Crippen LogP contribution in [-0.2, 0) is 10.0 Å². The summed E-state index contributed by atoms with van der Waals surface area (Å²) in [5.74, 6) is 0.256. The predicted octanol–water partition coefficient (Wildman–Crippen LogP) is 2.28. The molecule has 1 saturated heterocycles. The summed E-state index contributed by atoms with van der Waals surface area (Å²) < 4.78 is 27.7. The number of rotatable bonds is 3. The third kappa shape index (κ3) is 2.87. The minimum atomic E-state index is -3.43. The first-order valence-corrected chi connectivity index (χ1v) is 8.93. The van der Waals surface area contributed by atoms with Gasteiger partial charge < -0.3 is 5.73 Å². The predicted molar refractivity (Wildman–Crippen MR) is 85.9 cm³/mol. The second-order valence-electron chi connectivity index (χ2n) is 6.36. The van der Waals surface area contributed by atoms with Crippen LogP contribution in [0.15, 0.2) is 11.0 Å². The average Bonchev–Trinajstić information content (AvgIpc) is 2.87. The second-order valence-corrected chi connectivity index (χ2v) is 8.24. The Labute approximate surface area is 128 Å². The van der Waals surface area contributed by atoms with Gasteiger partial charge in [0.05, 0.1) is 4.90 Å². The second kappa shape index (κ2) is 5.71. The molecule has 2 unspecified atom stereocenters. The maximum absolute atomic E-state index is 13.0. The zero-order valence-electron chi connectivity index (χ0n) is 13.6. The van der Waals surface area contributed by atoms with Crippen LogP contribution in [0.25, 0.3) is 0 Å². The zero-order valence-corrected chi connectivity index (χ0v) is 14.4. The molecule has 0 spiro atoms. The zero-order chi connectivity index (χ0) is 15.9. The van der Waals surface area contributed by atoms with E-state index >= 15 is 0 Å². The molecule has 0 aromatic heterocycles. The highest BCUT2D eigenvalue weighted by molar-refractivity contribution is 7.89. The van der Waals surface area contributed by atoms with Crippen LogP contribution in [-0.4, -0.2) is 31.9 Å². The molecule has 2 atom stereocenters. The smallest absolute Gasteiger partial charge is 0.243 e. The van der Waals surface area contributed by atoms with E-state index in [2.05, 4.69) is 6.07 Å². The van der Waals surface area contributed by atoms with E-state index < -0.39 is 10.0 Å². The van der Waals surface area contributed by atoms with Crippen molar-refractivity contribution in [1.29, 1.82) is 0 Å². The summed E-state index contributed by atoms with van der Waals surface area (Å²) in [6.45, 7) is 10.8. The quantitative estimate of drug-likeness (QED) is 0.931. The van der Waals surface area contributed by atoms with Crippen LogP contribution in [0, 0.1) is 33.6 Å². The van der Waals surface area contributed by atoms with Crippen LogP contribution < -0.4 is 5.73 Å². The lowest BCUT2D eigenvalue weighted by molar-refractivity contribution is 0.428. The van der Waals surface area contributed by atoms with Gasteiger partial charge in [-0.3, -0.25) is 0 Å². The van der Waals surface area contributed by atoms with Crippen LogP contribution in [0.4, 0.5) is 0 Å². The Balaban J connectivity index is 2.47. The summed E-state index contributed by atoms with van der Waals surface area (Å²) >= 11 is 0. The molecule has 1 aromatic rings. The van der Waals surface area contributed by atoms with Gasteiger partial charge >= 0.3 is 0 Å². The SMILES string of the molecule is Cc1cc(C)c(C)c(S(=O)(=O)N2CCC(C(C)N)C2)c1C. The maximum atomic E-state index is 13.0. The molecule has 0 aliphatic carbocycles. The minimum absolute atomic E-state index is 0.0339. The molecule has 0 saturated carbocycles. The third-order valence-corrected chi connectivity index (χ3v) is 6.97. The Kier molecular flexibility index (Phi) is 4.47. The van der Waals surface area contributed by atoms with Gasteiger partial charge in [0.2, 0.25) is 10.0 Å². The highest BCUT2D eigenvalue weighted by atomic mass is 32.2. The molecule has 0 radical (unpaired) electrons. The van der Waals surface area contributed by atoms with Crippen LogP contribution in [0.1, 0.15) is 35.6 Å². The van der Waals surface area contributed by atoms with Crippen molar-refractivity contribution in [2.24, 2.45) is 11.7 Å². The summed E-state index contributed by atoms with van der Waals surface area (Å²) in [4.78, 5) is 0.491. The Morgan fingerprint density at radius 1 is 1.19 bits per heavy atom. The van der Waals surface area contributed by atoms with Crippen LogP contribution in [0.3, 0.4) is 0 Å². The fraction of sp³-hybridized carbons (Fsp3) is 0.625. The third-order valence-electron chi connectivity index (χ3n) is 4.83. The highest BCUT2D eigenvalue weighted by Gasteiger charge is 2.35. The van der Waals surface area contributed by atoms with Gasteiger partial charge in [-0.1, -0.05) is 6.07 Å². The molecule has 1 aliphatic heterocycles. The fourth-order valence-corrected chi connectivity index (χ4v) is 5.19. The van der Waals surface area contributed by atoms with Crippen molar-refractivity contribution in [1.82, 2.24) is 4.31 Å². The number of nitrogens with zero attached hydrogens (tertiary/aromatic N) is 1. The molecular weight excluding hydrogens is 284 g/mol. The van der Waals surface area contributed by atoms with Crippen molar-refractivity contribution in [3.8, 4) is 0 Å². The lowest BCUT2D eigenvalue weighted by Crippen LogP contribution is -2.33. The molecule has 1 aliphatic rings. The van der Waals surface area contributed by atoms with Gasteiger partial charge in [0.15, 0.2) is 0 Å². The standard InChI is InChI=1S/C16H26N2O2S/c1-10-8-11(2)13(4)16(12(10)3)21(19,20)18-7-6-15(9-18)14(5)17/h8,14-15H,6-7,9,17H2,1-5H3. The van der Waals surface area contributed by atoms with E-state index in [9.17, 15) is 8.42 Å². The molecule has 2 rings (SSSR count). The molecule has 1 heterocycles. The van der Waals surface area contributed by atoms with E-state index in [1.165, 1.54) is 0 Å². The van der Waals surface area contributed by atoms with Crippen molar-refractivity contribution < 1.29 is 8.42 Å². The lowest BCUT2D eigenvalue weighted by atomic mass is 10.0. The number of aryl methyl sites for hydroxylation is 2. The van der Waals surface area contributed by atoms with Crippen molar-refractivity contribution >= 4 is 10.0 Å². The normalized spacial score (nSPS) is 21.7. The van der Waals surface area contributed by atoms with Crippen molar-refractivity contribution in [2.75, 3.05) is 13.1 Å². The van der Waals surface area contributed by atoms with Crippen molar-refractivity contribution in [2.45, 2.75) is 52.0 Å². The summed E-state index contributed by atoms with van der Waals surface area (Å²) in [6.07, 6.45) is 0.847. The first-order chi connectivity index (χ1) is 9.66.